The molecule has 0 aliphatic rings. The number of nitrogens with one attached hydrogen (secondary N) is 2. The molecule has 0 unspecified atom stereocenters. The van der Waals surface area contributed by atoms with E-state index in [2.05, 4.69) is 31.7 Å². The summed E-state index contributed by atoms with van der Waals surface area (Å²) in [5.41, 5.74) is 0.131. The lowest BCUT2D eigenvalue weighted by Crippen LogP contribution is -2.29. The number of hydrogen-bond donors (Lipinski definition) is 2. The predicted molar refractivity (Wildman–Crippen MR) is 94.9 cm³/mol. The molecule has 0 spiro atoms. The quantitative estimate of drug-likeness (QED) is 0.410. The number of halogens is 5. The molecular formula is C15H15BrF4N4S. The second-order valence-electron chi connectivity index (χ2n) is 5.21. The molecular weight excluding hydrogens is 424 g/mol. The topological polar surface area (TPSA) is 41.9 Å². The van der Waals surface area contributed by atoms with Crippen LogP contribution in [0.25, 0.3) is 0 Å². The van der Waals surface area contributed by atoms with Crippen LogP contribution < -0.4 is 10.6 Å². The first-order valence-corrected chi connectivity index (χ1v) is 8.49. The summed E-state index contributed by atoms with van der Waals surface area (Å²) in [4.78, 5) is 0. The molecule has 0 bridgehead atoms. The zero-order valence-corrected chi connectivity index (χ0v) is 15.5. The largest absolute Gasteiger partial charge is 0.436 e. The van der Waals surface area contributed by atoms with Gasteiger partial charge >= 0.3 is 6.18 Å². The highest BCUT2D eigenvalue weighted by Gasteiger charge is 2.37. The van der Waals surface area contributed by atoms with E-state index >= 15 is 0 Å². The van der Waals surface area contributed by atoms with Gasteiger partial charge in [-0.3, -0.25) is 4.68 Å². The lowest BCUT2D eigenvalue weighted by Gasteiger charge is -2.11. The molecule has 1 aromatic heterocycles. The van der Waals surface area contributed by atoms with E-state index in [0.29, 0.717) is 36.0 Å². The van der Waals surface area contributed by atoms with Crippen molar-refractivity contribution in [2.75, 3.05) is 11.9 Å². The highest BCUT2D eigenvalue weighted by Crippen LogP contribution is 2.35. The smallest absolute Gasteiger partial charge is 0.362 e. The van der Waals surface area contributed by atoms with E-state index in [0.717, 1.165) is 0 Å². The maximum absolute atomic E-state index is 12.8. The van der Waals surface area contributed by atoms with Crippen LogP contribution in [0.3, 0.4) is 0 Å². The molecule has 0 saturated heterocycles. The number of anilines is 1. The average molecular weight is 439 g/mol. The summed E-state index contributed by atoms with van der Waals surface area (Å²) in [6.07, 6.45) is -3.97. The molecule has 2 N–H and O–H groups in total. The van der Waals surface area contributed by atoms with Crippen molar-refractivity contribution in [3.8, 4) is 0 Å². The number of aromatic nitrogens is 2. The van der Waals surface area contributed by atoms with Crippen molar-refractivity contribution in [3.63, 3.8) is 0 Å². The third-order valence-corrected chi connectivity index (χ3v) is 4.53. The molecule has 0 radical (unpaired) electrons. The van der Waals surface area contributed by atoms with Gasteiger partial charge in [-0.2, -0.15) is 18.3 Å². The van der Waals surface area contributed by atoms with Crippen LogP contribution in [0.15, 0.2) is 28.7 Å². The summed E-state index contributed by atoms with van der Waals surface area (Å²) in [7, 11) is 0. The Labute approximate surface area is 155 Å². The third-order valence-electron chi connectivity index (χ3n) is 3.34. The Morgan fingerprint density at radius 2 is 1.92 bits per heavy atom. The van der Waals surface area contributed by atoms with E-state index in [4.69, 9.17) is 12.2 Å². The van der Waals surface area contributed by atoms with Crippen LogP contribution in [-0.4, -0.2) is 21.4 Å². The van der Waals surface area contributed by atoms with E-state index < -0.39 is 11.9 Å². The van der Waals surface area contributed by atoms with Crippen LogP contribution in [-0.2, 0) is 12.7 Å². The molecule has 2 rings (SSSR count). The van der Waals surface area contributed by atoms with E-state index in [9.17, 15) is 17.6 Å². The molecule has 0 amide bonds. The molecule has 1 aromatic carbocycles. The number of hydrogen-bond acceptors (Lipinski definition) is 2. The molecule has 2 aromatic rings. The van der Waals surface area contributed by atoms with Crippen molar-refractivity contribution in [1.82, 2.24) is 15.1 Å². The Kier molecular flexibility index (Phi) is 6.39. The molecule has 136 valence electrons. The fourth-order valence-corrected chi connectivity index (χ4v) is 2.79. The zero-order valence-electron chi connectivity index (χ0n) is 13.1. The second-order valence-corrected chi connectivity index (χ2v) is 6.41. The first-order chi connectivity index (χ1) is 11.7. The molecule has 0 atom stereocenters. The SMILES string of the molecule is Cc1c(Br)c(C(F)(F)F)nn1CCCNC(=S)Nc1ccc(F)cc1. The molecule has 0 aliphatic heterocycles. The number of alkyl halides is 3. The summed E-state index contributed by atoms with van der Waals surface area (Å²) in [6, 6.07) is 5.71. The van der Waals surface area contributed by atoms with Crippen LogP contribution in [0, 0.1) is 12.7 Å². The molecule has 0 saturated carbocycles. The van der Waals surface area contributed by atoms with Gasteiger partial charge in [0.2, 0.25) is 0 Å². The van der Waals surface area contributed by atoms with E-state index in [1.807, 2.05) is 0 Å². The molecule has 25 heavy (non-hydrogen) atoms. The number of aryl methyl sites for hydroxylation is 1. The summed E-state index contributed by atoms with van der Waals surface area (Å²) >= 11 is 8.04. The van der Waals surface area contributed by atoms with Gasteiger partial charge in [-0.25, -0.2) is 4.39 Å². The Morgan fingerprint density at radius 3 is 2.48 bits per heavy atom. The summed E-state index contributed by atoms with van der Waals surface area (Å²) in [6.45, 7) is 2.33. The van der Waals surface area contributed by atoms with Crippen LogP contribution in [0.1, 0.15) is 17.8 Å². The normalized spacial score (nSPS) is 11.4. The van der Waals surface area contributed by atoms with Crippen LogP contribution in [0.5, 0.6) is 0 Å². The molecule has 0 fully saturated rings. The minimum absolute atomic E-state index is 0.0403. The highest BCUT2D eigenvalue weighted by molar-refractivity contribution is 9.10. The molecule has 0 aliphatic carbocycles. The first kappa shape index (κ1) is 19.6. The highest BCUT2D eigenvalue weighted by atomic mass is 79.9. The predicted octanol–water partition coefficient (Wildman–Crippen LogP) is 4.49. The number of thiocarbonyl (C=S) groups is 1. The Balaban J connectivity index is 1.81. The fraction of sp³-hybridized carbons (Fsp3) is 0.333. The van der Waals surface area contributed by atoms with Gasteiger partial charge in [0.1, 0.15) is 5.82 Å². The van der Waals surface area contributed by atoms with Crippen molar-refractivity contribution in [1.29, 1.82) is 0 Å². The Morgan fingerprint density at radius 1 is 1.28 bits per heavy atom. The van der Waals surface area contributed by atoms with Crippen molar-refractivity contribution in [3.05, 3.63) is 45.9 Å². The Bertz CT molecular complexity index is 743. The number of rotatable bonds is 5. The average Bonchev–Trinajstić information content (AvgIpc) is 2.82. The van der Waals surface area contributed by atoms with Gasteiger partial charge in [0, 0.05) is 18.8 Å². The van der Waals surface area contributed by atoms with Crippen molar-refractivity contribution in [2.45, 2.75) is 26.1 Å². The first-order valence-electron chi connectivity index (χ1n) is 7.29. The van der Waals surface area contributed by atoms with Gasteiger partial charge in [0.25, 0.3) is 0 Å². The monoisotopic (exact) mass is 438 g/mol. The maximum Gasteiger partial charge on any atom is 0.436 e. The van der Waals surface area contributed by atoms with Gasteiger partial charge in [0.15, 0.2) is 10.8 Å². The molecule has 10 heteroatoms. The lowest BCUT2D eigenvalue weighted by atomic mass is 10.3. The van der Waals surface area contributed by atoms with Gasteiger partial charge in [-0.1, -0.05) is 0 Å². The van der Waals surface area contributed by atoms with Gasteiger partial charge in [-0.15, -0.1) is 0 Å². The van der Waals surface area contributed by atoms with E-state index in [1.54, 1.807) is 19.1 Å². The Hall–Kier alpha value is -1.68. The van der Waals surface area contributed by atoms with Gasteiger partial charge in [-0.05, 0) is 65.8 Å². The summed E-state index contributed by atoms with van der Waals surface area (Å²) in [5, 5.41) is 9.78. The summed E-state index contributed by atoms with van der Waals surface area (Å²) in [5.74, 6) is -0.344. The van der Waals surface area contributed by atoms with Crippen LogP contribution in [0.2, 0.25) is 0 Å². The fourth-order valence-electron chi connectivity index (χ4n) is 2.06. The lowest BCUT2D eigenvalue weighted by molar-refractivity contribution is -0.142. The minimum Gasteiger partial charge on any atom is -0.362 e. The van der Waals surface area contributed by atoms with Crippen LogP contribution in [0.4, 0.5) is 23.2 Å². The maximum atomic E-state index is 12.8. The molecule has 1 heterocycles. The van der Waals surface area contributed by atoms with Gasteiger partial charge in [0.05, 0.1) is 10.2 Å². The summed E-state index contributed by atoms with van der Waals surface area (Å²) < 4.78 is 52.5. The van der Waals surface area contributed by atoms with Crippen molar-refractivity contribution < 1.29 is 17.6 Å². The van der Waals surface area contributed by atoms with E-state index in [1.165, 1.54) is 16.8 Å². The van der Waals surface area contributed by atoms with Gasteiger partial charge < -0.3 is 10.6 Å². The number of nitrogens with zero attached hydrogens (tertiary/aromatic N) is 2. The molecule has 4 nitrogen and oxygen atoms in total. The van der Waals surface area contributed by atoms with E-state index in [-0.39, 0.29) is 10.3 Å². The van der Waals surface area contributed by atoms with Crippen molar-refractivity contribution >= 4 is 38.9 Å². The van der Waals surface area contributed by atoms with Crippen LogP contribution >= 0.6 is 28.1 Å². The second kappa shape index (κ2) is 8.13. The van der Waals surface area contributed by atoms with Crippen molar-refractivity contribution in [2.24, 2.45) is 0 Å². The number of benzene rings is 1. The standard InChI is InChI=1S/C15H15BrF4N4S/c1-9-12(16)13(15(18,19)20)23-24(9)8-2-7-21-14(25)22-11-5-3-10(17)4-6-11/h3-6H,2,7-8H2,1H3,(H2,21,22,25). The zero-order chi connectivity index (χ0) is 18.6. The third kappa shape index (κ3) is 5.40. The minimum atomic E-state index is -4.49.